The fraction of sp³-hybridized carbons (Fsp3) is 0.846. The summed E-state index contributed by atoms with van der Waals surface area (Å²) < 4.78 is 0. The van der Waals surface area contributed by atoms with Crippen LogP contribution in [-0.2, 0) is 9.59 Å². The lowest BCUT2D eigenvalue weighted by atomic mass is 9.89. The van der Waals surface area contributed by atoms with Crippen molar-refractivity contribution in [2.45, 2.75) is 26.3 Å². The molecule has 2 unspecified atom stereocenters. The summed E-state index contributed by atoms with van der Waals surface area (Å²) in [7, 11) is 0. The van der Waals surface area contributed by atoms with E-state index in [9.17, 15) is 9.59 Å². The van der Waals surface area contributed by atoms with Gasteiger partial charge in [0, 0.05) is 39.3 Å². The molecule has 0 aromatic carbocycles. The Balaban J connectivity index is 1.95. The molecule has 19 heavy (non-hydrogen) atoms. The molecule has 2 saturated heterocycles. The Labute approximate surface area is 114 Å². The summed E-state index contributed by atoms with van der Waals surface area (Å²) in [6.07, 6.45) is 0.738. The Bertz CT molecular complexity index is 368. The number of nitrogens with zero attached hydrogens (tertiary/aromatic N) is 2. The van der Waals surface area contributed by atoms with E-state index in [2.05, 4.69) is 10.2 Å². The number of hydrogen-bond donors (Lipinski definition) is 2. The smallest absolute Gasteiger partial charge is 0.239 e. The molecule has 0 radical (unpaired) electrons. The van der Waals surface area contributed by atoms with E-state index in [0.717, 1.165) is 39.1 Å². The van der Waals surface area contributed by atoms with Crippen molar-refractivity contribution in [2.24, 2.45) is 11.1 Å². The van der Waals surface area contributed by atoms with E-state index in [1.54, 1.807) is 0 Å². The molecule has 0 spiro atoms. The van der Waals surface area contributed by atoms with Crippen LogP contribution in [0.5, 0.6) is 0 Å². The average molecular weight is 268 g/mol. The van der Waals surface area contributed by atoms with E-state index in [0.29, 0.717) is 6.54 Å². The maximum absolute atomic E-state index is 12.4. The molecular formula is C13H24N4O2. The highest BCUT2D eigenvalue weighted by Crippen LogP contribution is 2.30. The highest BCUT2D eigenvalue weighted by Gasteiger charge is 2.42. The number of nitrogens with one attached hydrogen (secondary N) is 1. The lowest BCUT2D eigenvalue weighted by Crippen LogP contribution is -2.53. The minimum absolute atomic E-state index is 0.162. The molecule has 6 nitrogen and oxygen atoms in total. The molecule has 2 atom stereocenters. The Morgan fingerprint density at radius 3 is 2.42 bits per heavy atom. The first-order chi connectivity index (χ1) is 8.94. The molecule has 2 rings (SSSR count). The molecule has 0 aliphatic carbocycles. The zero-order valence-electron chi connectivity index (χ0n) is 11.8. The molecule has 0 saturated carbocycles. The van der Waals surface area contributed by atoms with Gasteiger partial charge in [-0.25, -0.2) is 0 Å². The second-order valence-corrected chi connectivity index (χ2v) is 5.90. The van der Waals surface area contributed by atoms with Crippen LogP contribution in [0.15, 0.2) is 0 Å². The van der Waals surface area contributed by atoms with Crippen LogP contribution in [0.4, 0.5) is 0 Å². The second-order valence-electron chi connectivity index (χ2n) is 5.90. The molecule has 2 fully saturated rings. The van der Waals surface area contributed by atoms with Crippen LogP contribution < -0.4 is 11.1 Å². The molecule has 108 valence electrons. The summed E-state index contributed by atoms with van der Waals surface area (Å²) >= 11 is 0. The Morgan fingerprint density at radius 2 is 1.89 bits per heavy atom. The third kappa shape index (κ3) is 2.90. The number of nitrogens with two attached hydrogens (primary N) is 1. The number of primary amides is 1. The Morgan fingerprint density at radius 1 is 1.26 bits per heavy atom. The Kier molecular flexibility index (Phi) is 4.10. The van der Waals surface area contributed by atoms with Gasteiger partial charge in [-0.15, -0.1) is 0 Å². The number of carbonyl (C=O) groups is 2. The quantitative estimate of drug-likeness (QED) is 0.688. The predicted molar refractivity (Wildman–Crippen MR) is 72.4 cm³/mol. The predicted octanol–water partition coefficient (Wildman–Crippen LogP) is -0.996. The van der Waals surface area contributed by atoms with Crippen molar-refractivity contribution in [1.82, 2.24) is 15.1 Å². The van der Waals surface area contributed by atoms with Gasteiger partial charge >= 0.3 is 0 Å². The number of amides is 2. The van der Waals surface area contributed by atoms with E-state index in [1.807, 2.05) is 18.7 Å². The van der Waals surface area contributed by atoms with Gasteiger partial charge in [-0.2, -0.15) is 0 Å². The molecular weight excluding hydrogens is 244 g/mol. The third-order valence-corrected chi connectivity index (χ3v) is 4.43. The summed E-state index contributed by atoms with van der Waals surface area (Å²) in [5.41, 5.74) is 4.96. The largest absolute Gasteiger partial charge is 0.369 e. The number of rotatable bonds is 3. The van der Waals surface area contributed by atoms with Gasteiger partial charge in [-0.05, 0) is 20.3 Å². The molecule has 0 aromatic heterocycles. The minimum atomic E-state index is -0.488. The van der Waals surface area contributed by atoms with E-state index in [4.69, 9.17) is 5.73 Å². The van der Waals surface area contributed by atoms with Gasteiger partial charge in [0.05, 0.1) is 11.5 Å². The maximum atomic E-state index is 12.4. The minimum Gasteiger partial charge on any atom is -0.369 e. The van der Waals surface area contributed by atoms with Crippen LogP contribution in [0.1, 0.15) is 20.3 Å². The van der Waals surface area contributed by atoms with Crippen molar-refractivity contribution in [3.63, 3.8) is 0 Å². The molecule has 2 aliphatic heterocycles. The van der Waals surface area contributed by atoms with Gasteiger partial charge in [0.2, 0.25) is 11.8 Å². The van der Waals surface area contributed by atoms with E-state index >= 15 is 0 Å². The second kappa shape index (κ2) is 5.46. The monoisotopic (exact) mass is 268 g/mol. The van der Waals surface area contributed by atoms with Crippen molar-refractivity contribution in [2.75, 3.05) is 39.3 Å². The van der Waals surface area contributed by atoms with Crippen molar-refractivity contribution in [3.8, 4) is 0 Å². The van der Waals surface area contributed by atoms with Gasteiger partial charge in [0.1, 0.15) is 0 Å². The van der Waals surface area contributed by atoms with Crippen LogP contribution in [0.3, 0.4) is 0 Å². The van der Waals surface area contributed by atoms with Crippen molar-refractivity contribution in [1.29, 1.82) is 0 Å². The highest BCUT2D eigenvalue weighted by atomic mass is 16.2. The third-order valence-electron chi connectivity index (χ3n) is 4.43. The van der Waals surface area contributed by atoms with Crippen LogP contribution in [0.2, 0.25) is 0 Å². The number of likely N-dealkylation sites (tertiary alicyclic amines) is 1. The lowest BCUT2D eigenvalue weighted by molar-refractivity contribution is -0.137. The van der Waals surface area contributed by atoms with Gasteiger partial charge < -0.3 is 16.0 Å². The Hall–Kier alpha value is -1.14. The topological polar surface area (TPSA) is 78.7 Å². The summed E-state index contributed by atoms with van der Waals surface area (Å²) in [4.78, 5) is 27.8. The number of hydrogen-bond acceptors (Lipinski definition) is 4. The molecule has 0 aromatic rings. The van der Waals surface area contributed by atoms with Crippen molar-refractivity contribution < 1.29 is 9.59 Å². The number of piperazine rings is 1. The fourth-order valence-electron chi connectivity index (χ4n) is 2.83. The summed E-state index contributed by atoms with van der Waals surface area (Å²) in [5, 5.41) is 3.24. The van der Waals surface area contributed by atoms with Crippen LogP contribution in [-0.4, -0.2) is 66.9 Å². The van der Waals surface area contributed by atoms with Gasteiger partial charge in [-0.1, -0.05) is 0 Å². The van der Waals surface area contributed by atoms with Crippen LogP contribution in [0.25, 0.3) is 0 Å². The van der Waals surface area contributed by atoms with Gasteiger partial charge in [0.25, 0.3) is 0 Å². The standard InChI is InChI=1S/C13H24N4O2/c1-10(11(18)16-7-4-15-5-8-16)17-6-3-13(2,9-17)12(14)19/h10,15H,3-9H2,1-2H3,(H2,14,19). The lowest BCUT2D eigenvalue weighted by Gasteiger charge is -2.33. The zero-order chi connectivity index (χ0) is 14.0. The van der Waals surface area contributed by atoms with E-state index in [1.165, 1.54) is 0 Å². The first-order valence-electron chi connectivity index (χ1n) is 6.97. The normalized spacial score (nSPS) is 30.3. The maximum Gasteiger partial charge on any atom is 0.239 e. The fourth-order valence-corrected chi connectivity index (χ4v) is 2.83. The van der Waals surface area contributed by atoms with Gasteiger partial charge in [-0.3, -0.25) is 14.5 Å². The molecule has 2 heterocycles. The van der Waals surface area contributed by atoms with Crippen LogP contribution in [0, 0.1) is 5.41 Å². The molecule has 6 heteroatoms. The molecule has 2 amide bonds. The highest BCUT2D eigenvalue weighted by molar-refractivity contribution is 5.83. The first-order valence-corrected chi connectivity index (χ1v) is 6.97. The van der Waals surface area contributed by atoms with E-state index < -0.39 is 5.41 Å². The van der Waals surface area contributed by atoms with Crippen LogP contribution >= 0.6 is 0 Å². The molecule has 3 N–H and O–H groups in total. The number of carbonyl (C=O) groups excluding carboxylic acids is 2. The summed E-state index contributed by atoms with van der Waals surface area (Å²) in [5.74, 6) is -0.105. The SMILES string of the molecule is CC(C(=O)N1CCNCC1)N1CCC(C)(C(N)=O)C1. The van der Waals surface area contributed by atoms with Crippen molar-refractivity contribution in [3.05, 3.63) is 0 Å². The summed E-state index contributed by atoms with van der Waals surface area (Å²) in [6, 6.07) is -0.167. The molecule has 2 aliphatic rings. The van der Waals surface area contributed by atoms with E-state index in [-0.39, 0.29) is 17.9 Å². The average Bonchev–Trinajstić information content (AvgIpc) is 2.82. The summed E-state index contributed by atoms with van der Waals surface area (Å²) in [6.45, 7) is 8.41. The first kappa shape index (κ1) is 14.3. The zero-order valence-corrected chi connectivity index (χ0v) is 11.8. The molecule has 0 bridgehead atoms. The van der Waals surface area contributed by atoms with Gasteiger partial charge in [0.15, 0.2) is 0 Å². The van der Waals surface area contributed by atoms with Crippen molar-refractivity contribution >= 4 is 11.8 Å².